The number of nitrogens with one attached hydrogen (secondary N) is 2. The zero-order valence-electron chi connectivity index (χ0n) is 13.2. The fraction of sp³-hybridized carbons (Fsp3) is 0.500. The van der Waals surface area contributed by atoms with Crippen LogP contribution in [-0.2, 0) is 24.6 Å². The molecule has 2 N–H and O–H groups in total. The normalized spacial score (nSPS) is 20.3. The average Bonchev–Trinajstić information content (AvgIpc) is 3.23. The van der Waals surface area contributed by atoms with Gasteiger partial charge in [-0.1, -0.05) is 0 Å². The van der Waals surface area contributed by atoms with Crippen LogP contribution in [0.4, 0.5) is 13.2 Å². The molecule has 2 atom stereocenters. The van der Waals surface area contributed by atoms with E-state index in [-0.39, 0.29) is 41.7 Å². The molecule has 1 fully saturated rings. The quantitative estimate of drug-likeness (QED) is 0.830. The van der Waals surface area contributed by atoms with Crippen molar-refractivity contribution in [2.24, 2.45) is 13.0 Å². The Morgan fingerprint density at radius 2 is 2.24 bits per heavy atom. The summed E-state index contributed by atoms with van der Waals surface area (Å²) < 4.78 is 39.3. The van der Waals surface area contributed by atoms with Gasteiger partial charge in [-0.25, -0.2) is 4.98 Å². The number of aryl methyl sites for hydroxylation is 1. The third-order valence-corrected chi connectivity index (χ3v) is 4.81. The van der Waals surface area contributed by atoms with Gasteiger partial charge in [0.15, 0.2) is 5.69 Å². The molecule has 0 saturated carbocycles. The number of hydrogen-bond donors (Lipinski definition) is 2. The van der Waals surface area contributed by atoms with Crippen LogP contribution in [0.5, 0.6) is 0 Å². The third kappa shape index (κ3) is 4.50. The van der Waals surface area contributed by atoms with E-state index in [2.05, 4.69) is 20.7 Å². The summed E-state index contributed by atoms with van der Waals surface area (Å²) >= 11 is 0.887. The van der Waals surface area contributed by atoms with Gasteiger partial charge < -0.3 is 10.6 Å². The Balaban J connectivity index is 0.00000225. The first-order valence-electron chi connectivity index (χ1n) is 7.33. The van der Waals surface area contributed by atoms with Crippen molar-refractivity contribution in [1.82, 2.24) is 25.4 Å². The Labute approximate surface area is 152 Å². The summed E-state index contributed by atoms with van der Waals surface area (Å²) in [5, 5.41) is 11.2. The van der Waals surface area contributed by atoms with Crippen molar-refractivity contribution in [3.8, 4) is 0 Å². The number of rotatable bonds is 4. The maximum absolute atomic E-state index is 12.5. The van der Waals surface area contributed by atoms with Crippen molar-refractivity contribution >= 4 is 29.7 Å². The molecule has 0 aromatic carbocycles. The Morgan fingerprint density at radius 1 is 1.48 bits per heavy atom. The van der Waals surface area contributed by atoms with E-state index in [1.54, 1.807) is 10.9 Å². The van der Waals surface area contributed by atoms with Gasteiger partial charge in [-0.3, -0.25) is 9.48 Å². The second-order valence-electron chi connectivity index (χ2n) is 5.66. The summed E-state index contributed by atoms with van der Waals surface area (Å²) in [5.41, 5.74) is 0.0452. The lowest BCUT2D eigenvalue weighted by Gasteiger charge is -2.16. The van der Waals surface area contributed by atoms with E-state index in [1.807, 2.05) is 13.2 Å². The van der Waals surface area contributed by atoms with Crippen molar-refractivity contribution in [2.45, 2.75) is 18.6 Å². The average molecular weight is 396 g/mol. The van der Waals surface area contributed by atoms with Gasteiger partial charge in [-0.05, 0) is 5.56 Å². The van der Waals surface area contributed by atoms with Gasteiger partial charge in [0.1, 0.15) is 5.01 Å². The largest absolute Gasteiger partial charge is 0.434 e. The number of nitrogens with zero attached hydrogens (tertiary/aromatic N) is 3. The highest BCUT2D eigenvalue weighted by Gasteiger charge is 2.35. The van der Waals surface area contributed by atoms with Crippen molar-refractivity contribution in [1.29, 1.82) is 0 Å². The van der Waals surface area contributed by atoms with Gasteiger partial charge in [0, 0.05) is 37.6 Å². The molecule has 1 saturated heterocycles. The zero-order valence-corrected chi connectivity index (χ0v) is 14.8. The van der Waals surface area contributed by atoms with E-state index >= 15 is 0 Å². The highest BCUT2D eigenvalue weighted by molar-refractivity contribution is 7.09. The van der Waals surface area contributed by atoms with E-state index < -0.39 is 11.9 Å². The molecular weight excluding hydrogens is 379 g/mol. The molecule has 25 heavy (non-hydrogen) atoms. The van der Waals surface area contributed by atoms with Gasteiger partial charge in [-0.15, -0.1) is 23.7 Å². The van der Waals surface area contributed by atoms with Crippen molar-refractivity contribution in [2.75, 3.05) is 13.1 Å². The summed E-state index contributed by atoms with van der Waals surface area (Å²) in [5.74, 6) is -0.477. The molecule has 3 rings (SSSR count). The molecule has 138 valence electrons. The topological polar surface area (TPSA) is 71.8 Å². The van der Waals surface area contributed by atoms with Crippen molar-refractivity contribution < 1.29 is 18.0 Å². The molecule has 0 aliphatic carbocycles. The number of hydrogen-bond acceptors (Lipinski definition) is 5. The van der Waals surface area contributed by atoms with Gasteiger partial charge >= 0.3 is 6.18 Å². The van der Waals surface area contributed by atoms with Crippen molar-refractivity contribution in [3.05, 3.63) is 34.0 Å². The number of carbonyl (C=O) groups is 1. The molecule has 3 heterocycles. The van der Waals surface area contributed by atoms with Crippen LogP contribution in [0.1, 0.15) is 22.2 Å². The molecule has 0 radical (unpaired) electrons. The monoisotopic (exact) mass is 395 g/mol. The number of thiazole rings is 1. The SMILES string of the molecule is Cl.Cn1cc([C@H]2CNC[C@@H]2C(=O)NCc2nc(C(F)(F)F)cs2)cn1. The maximum Gasteiger partial charge on any atom is 0.434 e. The Bertz CT molecular complexity index is 732. The van der Waals surface area contributed by atoms with Crippen LogP contribution in [-0.4, -0.2) is 33.8 Å². The number of halogens is 4. The number of amides is 1. The fourth-order valence-electron chi connectivity index (χ4n) is 2.75. The summed E-state index contributed by atoms with van der Waals surface area (Å²) in [6.07, 6.45) is -0.859. The summed E-state index contributed by atoms with van der Waals surface area (Å²) in [6, 6.07) is 0. The molecule has 1 aliphatic rings. The lowest BCUT2D eigenvalue weighted by molar-refractivity contribution is -0.140. The molecule has 2 aromatic heterocycles. The highest BCUT2D eigenvalue weighted by atomic mass is 35.5. The molecule has 1 amide bonds. The predicted octanol–water partition coefficient (Wildman–Crippen LogP) is 1.94. The van der Waals surface area contributed by atoms with Gasteiger partial charge in [0.25, 0.3) is 0 Å². The molecule has 0 bridgehead atoms. The van der Waals surface area contributed by atoms with Crippen LogP contribution in [0.3, 0.4) is 0 Å². The second-order valence-corrected chi connectivity index (χ2v) is 6.60. The number of alkyl halides is 3. The molecule has 11 heteroatoms. The molecule has 0 unspecified atom stereocenters. The Kier molecular flexibility index (Phi) is 6.07. The number of carbonyl (C=O) groups excluding carboxylic acids is 1. The van der Waals surface area contributed by atoms with Gasteiger partial charge in [0.05, 0.1) is 18.7 Å². The molecule has 0 spiro atoms. The van der Waals surface area contributed by atoms with Crippen LogP contribution < -0.4 is 10.6 Å². The lowest BCUT2D eigenvalue weighted by Crippen LogP contribution is -2.34. The van der Waals surface area contributed by atoms with Gasteiger partial charge in [-0.2, -0.15) is 18.3 Å². The van der Waals surface area contributed by atoms with Crippen LogP contribution in [0.15, 0.2) is 17.8 Å². The molecule has 2 aromatic rings. The smallest absolute Gasteiger partial charge is 0.349 e. The Hall–Kier alpha value is -1.65. The fourth-order valence-corrected chi connectivity index (χ4v) is 3.49. The van der Waals surface area contributed by atoms with E-state index in [0.717, 1.165) is 22.3 Å². The van der Waals surface area contributed by atoms with Crippen LogP contribution >= 0.6 is 23.7 Å². The minimum Gasteiger partial charge on any atom is -0.349 e. The van der Waals surface area contributed by atoms with E-state index in [0.29, 0.717) is 13.1 Å². The van der Waals surface area contributed by atoms with Crippen LogP contribution in [0, 0.1) is 5.92 Å². The van der Waals surface area contributed by atoms with E-state index in [9.17, 15) is 18.0 Å². The molecule has 6 nitrogen and oxygen atoms in total. The first-order valence-corrected chi connectivity index (χ1v) is 8.21. The molecular formula is C14H17ClF3N5OS. The summed E-state index contributed by atoms with van der Waals surface area (Å²) in [4.78, 5) is 15.9. The standard InChI is InChI=1S/C14H16F3N5OS.ClH/c1-22-6-8(2-20-22)9-3-18-4-10(9)13(23)19-5-12-21-11(7-24-12)14(15,16)17;/h2,6-7,9-10,18H,3-5H2,1H3,(H,19,23);1H/t9-,10+;/m1./s1. The Morgan fingerprint density at radius 3 is 2.84 bits per heavy atom. The summed E-state index contributed by atoms with van der Waals surface area (Å²) in [7, 11) is 1.81. The number of aromatic nitrogens is 3. The third-order valence-electron chi connectivity index (χ3n) is 3.96. The maximum atomic E-state index is 12.5. The van der Waals surface area contributed by atoms with E-state index in [4.69, 9.17) is 0 Å². The van der Waals surface area contributed by atoms with E-state index in [1.165, 1.54) is 0 Å². The minimum absolute atomic E-state index is 0. The second kappa shape index (κ2) is 7.71. The minimum atomic E-state index is -4.46. The first-order chi connectivity index (χ1) is 11.3. The zero-order chi connectivity index (χ0) is 17.3. The van der Waals surface area contributed by atoms with Crippen LogP contribution in [0.2, 0.25) is 0 Å². The highest BCUT2D eigenvalue weighted by Crippen LogP contribution is 2.30. The van der Waals surface area contributed by atoms with Crippen LogP contribution in [0.25, 0.3) is 0 Å². The lowest BCUT2D eigenvalue weighted by atomic mass is 9.90. The van der Waals surface area contributed by atoms with Crippen molar-refractivity contribution in [3.63, 3.8) is 0 Å². The summed E-state index contributed by atoms with van der Waals surface area (Å²) in [6.45, 7) is 1.19. The first kappa shape index (κ1) is 19.7. The predicted molar refractivity (Wildman–Crippen MR) is 88.5 cm³/mol. The van der Waals surface area contributed by atoms with Gasteiger partial charge in [0.2, 0.25) is 5.91 Å². The molecule has 1 aliphatic heterocycles.